The summed E-state index contributed by atoms with van der Waals surface area (Å²) in [6.45, 7) is 3.10. The van der Waals surface area contributed by atoms with Gasteiger partial charge >= 0.3 is 11.7 Å². The van der Waals surface area contributed by atoms with Crippen molar-refractivity contribution in [1.82, 2.24) is 14.5 Å². The van der Waals surface area contributed by atoms with Crippen LogP contribution in [0, 0.1) is 19.7 Å². The zero-order valence-electron chi connectivity index (χ0n) is 16.8. The lowest BCUT2D eigenvalue weighted by Crippen LogP contribution is -2.21. The van der Waals surface area contributed by atoms with Gasteiger partial charge in [0, 0.05) is 22.8 Å². The molecule has 0 aliphatic carbocycles. The van der Waals surface area contributed by atoms with Crippen molar-refractivity contribution in [2.75, 3.05) is 11.9 Å². The molecule has 4 rings (SSSR count). The Morgan fingerprint density at radius 3 is 2.48 bits per heavy atom. The van der Waals surface area contributed by atoms with Crippen molar-refractivity contribution >= 4 is 28.6 Å². The first-order valence-corrected chi connectivity index (χ1v) is 9.46. The van der Waals surface area contributed by atoms with Gasteiger partial charge in [0.1, 0.15) is 5.82 Å². The van der Waals surface area contributed by atoms with Crippen LogP contribution in [-0.2, 0) is 9.53 Å². The summed E-state index contributed by atoms with van der Waals surface area (Å²) >= 11 is 0. The summed E-state index contributed by atoms with van der Waals surface area (Å²) in [6.07, 6.45) is 0. The minimum absolute atomic E-state index is 0.320. The van der Waals surface area contributed by atoms with E-state index in [2.05, 4.69) is 15.3 Å². The average Bonchev–Trinajstić information content (AvgIpc) is 3.24. The van der Waals surface area contributed by atoms with E-state index >= 15 is 0 Å². The number of aromatic amines is 2. The number of H-pyrrole nitrogens is 2. The maximum atomic E-state index is 13.2. The number of hydrogen-bond donors (Lipinski definition) is 3. The normalized spacial score (nSPS) is 10.9. The van der Waals surface area contributed by atoms with Crippen molar-refractivity contribution in [3.8, 4) is 5.69 Å². The van der Waals surface area contributed by atoms with Gasteiger partial charge in [-0.3, -0.25) is 4.79 Å². The SMILES string of the molecule is Cc1cc(C(=O)OCC(=O)Nc2ccc3[nH]c(=O)[nH]c3c2)c(C)n1-c1ccc(F)cc1. The third-order valence-electron chi connectivity index (χ3n) is 4.87. The number of amides is 1. The Hall–Kier alpha value is -4.14. The summed E-state index contributed by atoms with van der Waals surface area (Å²) in [6, 6.07) is 12.5. The number of hydrogen-bond acceptors (Lipinski definition) is 4. The number of aromatic nitrogens is 3. The number of fused-ring (bicyclic) bond motifs is 1. The maximum absolute atomic E-state index is 13.2. The van der Waals surface area contributed by atoms with E-state index in [1.807, 2.05) is 11.5 Å². The van der Waals surface area contributed by atoms with Crippen LogP contribution in [0.3, 0.4) is 0 Å². The largest absolute Gasteiger partial charge is 0.452 e. The molecule has 4 aromatic rings. The van der Waals surface area contributed by atoms with Gasteiger partial charge in [-0.25, -0.2) is 14.0 Å². The molecule has 2 heterocycles. The van der Waals surface area contributed by atoms with Crippen molar-refractivity contribution in [3.63, 3.8) is 0 Å². The Morgan fingerprint density at radius 2 is 1.74 bits per heavy atom. The molecule has 0 fully saturated rings. The molecule has 31 heavy (non-hydrogen) atoms. The second kappa shape index (κ2) is 7.94. The number of anilines is 1. The van der Waals surface area contributed by atoms with Crippen LogP contribution >= 0.6 is 0 Å². The summed E-state index contributed by atoms with van der Waals surface area (Å²) < 4.78 is 20.2. The van der Waals surface area contributed by atoms with Crippen molar-refractivity contribution in [3.05, 3.63) is 81.8 Å². The first kappa shape index (κ1) is 20.1. The minimum atomic E-state index is -0.637. The Bertz CT molecular complexity index is 1350. The maximum Gasteiger partial charge on any atom is 0.340 e. The molecule has 9 heteroatoms. The lowest BCUT2D eigenvalue weighted by atomic mass is 10.2. The molecule has 2 aromatic carbocycles. The van der Waals surface area contributed by atoms with Gasteiger partial charge in [0.2, 0.25) is 0 Å². The molecule has 0 saturated carbocycles. The van der Waals surface area contributed by atoms with Crippen molar-refractivity contribution in [1.29, 1.82) is 0 Å². The van der Waals surface area contributed by atoms with E-state index in [1.54, 1.807) is 43.3 Å². The van der Waals surface area contributed by atoms with Gasteiger partial charge in [-0.2, -0.15) is 0 Å². The number of esters is 1. The summed E-state index contributed by atoms with van der Waals surface area (Å²) in [5, 5.41) is 2.62. The van der Waals surface area contributed by atoms with E-state index in [-0.39, 0.29) is 11.5 Å². The van der Waals surface area contributed by atoms with Crippen LogP contribution in [0.2, 0.25) is 0 Å². The topological polar surface area (TPSA) is 109 Å². The first-order valence-electron chi connectivity index (χ1n) is 9.46. The highest BCUT2D eigenvalue weighted by Crippen LogP contribution is 2.22. The zero-order valence-corrected chi connectivity index (χ0v) is 16.8. The second-order valence-corrected chi connectivity index (χ2v) is 7.06. The monoisotopic (exact) mass is 422 g/mol. The predicted molar refractivity (Wildman–Crippen MR) is 113 cm³/mol. The van der Waals surface area contributed by atoms with Gasteiger partial charge in [0.25, 0.3) is 5.91 Å². The molecule has 2 aromatic heterocycles. The van der Waals surface area contributed by atoms with Gasteiger partial charge < -0.3 is 24.6 Å². The summed E-state index contributed by atoms with van der Waals surface area (Å²) in [5.74, 6) is -1.50. The Morgan fingerprint density at radius 1 is 1.03 bits per heavy atom. The van der Waals surface area contributed by atoms with E-state index in [9.17, 15) is 18.8 Å². The lowest BCUT2D eigenvalue weighted by molar-refractivity contribution is -0.119. The van der Waals surface area contributed by atoms with Crippen LogP contribution in [0.25, 0.3) is 16.7 Å². The molecule has 1 amide bonds. The van der Waals surface area contributed by atoms with Gasteiger partial charge in [-0.15, -0.1) is 0 Å². The Labute approximate surface area is 175 Å². The second-order valence-electron chi connectivity index (χ2n) is 7.06. The highest BCUT2D eigenvalue weighted by molar-refractivity contribution is 5.97. The number of benzene rings is 2. The van der Waals surface area contributed by atoms with Crippen molar-refractivity contribution in [2.24, 2.45) is 0 Å². The van der Waals surface area contributed by atoms with E-state index in [0.29, 0.717) is 33.7 Å². The summed E-state index contributed by atoms with van der Waals surface area (Å²) in [7, 11) is 0. The lowest BCUT2D eigenvalue weighted by Gasteiger charge is -2.10. The average molecular weight is 422 g/mol. The standard InChI is InChI=1S/C22H19FN4O4/c1-12-9-17(13(2)27(12)16-6-3-14(23)4-7-16)21(29)31-11-20(28)24-15-5-8-18-19(10-15)26-22(30)25-18/h3-10H,11H2,1-2H3,(H,24,28)(H2,25,26,30). The van der Waals surface area contributed by atoms with Gasteiger partial charge in [-0.1, -0.05) is 0 Å². The third kappa shape index (κ3) is 4.11. The number of imidazole rings is 1. The number of halogens is 1. The van der Waals surface area contributed by atoms with Crippen LogP contribution in [0.15, 0.2) is 53.3 Å². The molecule has 0 aliphatic rings. The van der Waals surface area contributed by atoms with E-state index in [1.165, 1.54) is 12.1 Å². The Kier molecular flexibility index (Phi) is 5.16. The molecular formula is C22H19FN4O4. The number of aryl methyl sites for hydroxylation is 1. The zero-order chi connectivity index (χ0) is 22.1. The molecule has 0 atom stereocenters. The van der Waals surface area contributed by atoms with E-state index in [4.69, 9.17) is 4.74 Å². The van der Waals surface area contributed by atoms with Gasteiger partial charge in [0.15, 0.2) is 6.61 Å². The highest BCUT2D eigenvalue weighted by Gasteiger charge is 2.19. The number of carbonyl (C=O) groups excluding carboxylic acids is 2. The Balaban J connectivity index is 1.43. The van der Waals surface area contributed by atoms with E-state index < -0.39 is 18.5 Å². The molecule has 3 N–H and O–H groups in total. The predicted octanol–water partition coefficient (Wildman–Crippen LogP) is 3.20. The molecule has 0 spiro atoms. The molecule has 158 valence electrons. The van der Waals surface area contributed by atoms with Crippen LogP contribution in [0.4, 0.5) is 10.1 Å². The molecule has 0 unspecified atom stereocenters. The molecule has 0 aliphatic heterocycles. The van der Waals surface area contributed by atoms with Crippen LogP contribution in [0.1, 0.15) is 21.7 Å². The summed E-state index contributed by atoms with van der Waals surface area (Å²) in [5.41, 5.74) is 3.71. The minimum Gasteiger partial charge on any atom is -0.452 e. The van der Waals surface area contributed by atoms with Gasteiger partial charge in [-0.05, 0) is 62.4 Å². The number of carbonyl (C=O) groups is 2. The molecule has 0 radical (unpaired) electrons. The molecule has 0 saturated heterocycles. The van der Waals surface area contributed by atoms with Crippen LogP contribution < -0.4 is 11.0 Å². The van der Waals surface area contributed by atoms with Crippen molar-refractivity contribution < 1.29 is 18.7 Å². The fourth-order valence-electron chi connectivity index (χ4n) is 3.47. The summed E-state index contributed by atoms with van der Waals surface area (Å²) in [4.78, 5) is 41.3. The number of nitrogens with zero attached hydrogens (tertiary/aromatic N) is 1. The fourth-order valence-corrected chi connectivity index (χ4v) is 3.47. The fraction of sp³-hybridized carbons (Fsp3) is 0.136. The highest BCUT2D eigenvalue weighted by atomic mass is 19.1. The first-order chi connectivity index (χ1) is 14.8. The molecule has 0 bridgehead atoms. The quantitative estimate of drug-likeness (QED) is 0.429. The number of nitrogens with one attached hydrogen (secondary N) is 3. The number of rotatable bonds is 5. The molecular weight excluding hydrogens is 403 g/mol. The smallest absolute Gasteiger partial charge is 0.340 e. The number of ether oxygens (including phenoxy) is 1. The molecule has 8 nitrogen and oxygen atoms in total. The third-order valence-corrected chi connectivity index (χ3v) is 4.87. The van der Waals surface area contributed by atoms with Crippen LogP contribution in [-0.4, -0.2) is 33.0 Å². The van der Waals surface area contributed by atoms with Crippen molar-refractivity contribution in [2.45, 2.75) is 13.8 Å². The van der Waals surface area contributed by atoms with E-state index in [0.717, 1.165) is 5.69 Å². The van der Waals surface area contributed by atoms with Gasteiger partial charge in [0.05, 0.1) is 16.6 Å². The van der Waals surface area contributed by atoms with Crippen LogP contribution in [0.5, 0.6) is 0 Å².